The van der Waals surface area contributed by atoms with Gasteiger partial charge in [-0.25, -0.2) is 0 Å². The summed E-state index contributed by atoms with van der Waals surface area (Å²) in [5, 5.41) is 20.1. The molecular weight excluding hydrogens is 404 g/mol. The summed E-state index contributed by atoms with van der Waals surface area (Å²) in [4.78, 5) is 11.6. The molecule has 0 unspecified atom stereocenters. The Morgan fingerprint density at radius 2 is 2.00 bits per heavy atom. The Balaban J connectivity index is 2.37. The second kappa shape index (κ2) is 5.83. The molecule has 7 heteroatoms. The first-order valence-electron chi connectivity index (χ1n) is 5.41. The number of hydrogen-bond donors (Lipinski definition) is 2. The first-order chi connectivity index (χ1) is 8.47. The summed E-state index contributed by atoms with van der Waals surface area (Å²) in [6, 6.07) is 1.80. The second-order valence-electron chi connectivity index (χ2n) is 4.26. The largest absolute Gasteiger partial charge is 0.481 e. The summed E-state index contributed by atoms with van der Waals surface area (Å²) in [7, 11) is 0. The predicted octanol–water partition coefficient (Wildman–Crippen LogP) is 3.90. The van der Waals surface area contributed by atoms with E-state index in [9.17, 15) is 15.0 Å². The molecule has 0 amide bonds. The molecule has 18 heavy (non-hydrogen) atoms. The third-order valence-electron chi connectivity index (χ3n) is 3.31. The van der Waals surface area contributed by atoms with Crippen LogP contribution in [-0.4, -0.2) is 27.7 Å². The number of thioether (sulfide) groups is 1. The smallest absolute Gasteiger partial charge is 0.312 e. The predicted molar refractivity (Wildman–Crippen MR) is 81.3 cm³/mol. The van der Waals surface area contributed by atoms with Crippen molar-refractivity contribution in [2.24, 2.45) is 5.41 Å². The first kappa shape index (κ1) is 14.8. The fraction of sp³-hybridized carbons (Fsp3) is 0.545. The van der Waals surface area contributed by atoms with Crippen LogP contribution >= 0.6 is 55.0 Å². The molecule has 1 aliphatic rings. The summed E-state index contributed by atoms with van der Waals surface area (Å²) in [6.45, 7) is 0. The summed E-state index contributed by atoms with van der Waals surface area (Å²) < 4.78 is 1.68. The Labute approximate surface area is 130 Å². The zero-order chi connectivity index (χ0) is 13.3. The molecule has 0 spiro atoms. The van der Waals surface area contributed by atoms with Crippen LogP contribution < -0.4 is 0 Å². The summed E-state index contributed by atoms with van der Waals surface area (Å²) >= 11 is 9.93. The fourth-order valence-corrected chi connectivity index (χ4v) is 6.28. The molecular formula is C11H12Br2O3S2. The Kier molecular flexibility index (Phi) is 4.80. The number of aliphatic hydroxyl groups excluding tert-OH is 1. The molecule has 1 atom stereocenters. The van der Waals surface area contributed by atoms with Crippen molar-refractivity contribution in [3.8, 4) is 0 Å². The molecule has 3 nitrogen and oxygen atoms in total. The van der Waals surface area contributed by atoms with E-state index in [0.717, 1.165) is 19.1 Å². The Bertz CT molecular complexity index is 455. The highest BCUT2D eigenvalue weighted by Gasteiger charge is 2.47. The second-order valence-corrected chi connectivity index (χ2v) is 9.23. The van der Waals surface area contributed by atoms with Crippen LogP contribution in [0.25, 0.3) is 0 Å². The van der Waals surface area contributed by atoms with E-state index in [2.05, 4.69) is 31.9 Å². The van der Waals surface area contributed by atoms with Gasteiger partial charge in [0, 0.05) is 5.56 Å². The Morgan fingerprint density at radius 1 is 1.39 bits per heavy atom. The minimum atomic E-state index is -1.05. The first-order valence-corrected chi connectivity index (χ1v) is 8.97. The zero-order valence-electron chi connectivity index (χ0n) is 9.36. The molecule has 1 fully saturated rings. The molecule has 2 rings (SSSR count). The number of aliphatic carboxylic acids is 1. The third-order valence-corrected chi connectivity index (χ3v) is 6.68. The highest BCUT2D eigenvalue weighted by atomic mass is 79.9. The normalized spacial score (nSPS) is 20.6. The monoisotopic (exact) mass is 414 g/mol. The average Bonchev–Trinajstić information content (AvgIpc) is 2.68. The van der Waals surface area contributed by atoms with Gasteiger partial charge in [0.2, 0.25) is 0 Å². The molecule has 1 aromatic rings. The number of carboxylic acid groups (broad SMARTS) is 1. The van der Waals surface area contributed by atoms with E-state index in [1.54, 1.807) is 17.8 Å². The number of thiophene rings is 1. The van der Waals surface area contributed by atoms with Crippen LogP contribution in [0.15, 0.2) is 13.6 Å². The molecule has 0 aromatic carbocycles. The molecule has 0 saturated carbocycles. The highest BCUT2D eigenvalue weighted by molar-refractivity contribution is 9.12. The van der Waals surface area contributed by atoms with Crippen molar-refractivity contribution in [3.63, 3.8) is 0 Å². The van der Waals surface area contributed by atoms with Crippen LogP contribution in [0.2, 0.25) is 0 Å². The number of carbonyl (C=O) groups is 1. The van der Waals surface area contributed by atoms with Crippen LogP contribution in [-0.2, 0) is 4.79 Å². The number of hydrogen-bond acceptors (Lipinski definition) is 4. The van der Waals surface area contributed by atoms with E-state index in [4.69, 9.17) is 0 Å². The molecule has 1 saturated heterocycles. The lowest BCUT2D eigenvalue weighted by Gasteiger charge is -2.36. The van der Waals surface area contributed by atoms with Crippen LogP contribution in [0.1, 0.15) is 24.5 Å². The molecule has 1 aliphatic heterocycles. The minimum Gasteiger partial charge on any atom is -0.481 e. The van der Waals surface area contributed by atoms with Crippen molar-refractivity contribution in [1.29, 1.82) is 0 Å². The number of carboxylic acids is 1. The van der Waals surface area contributed by atoms with Crippen molar-refractivity contribution in [2.45, 2.75) is 18.9 Å². The number of aliphatic hydroxyl groups is 1. The standard InChI is InChI=1S/C11H12Br2O3S2/c12-7-5-6(9(13)18-7)8(14)11(10(15)16)1-3-17-4-2-11/h5,8,14H,1-4H2,(H,15,16)/t8-/m1/s1. The van der Waals surface area contributed by atoms with E-state index >= 15 is 0 Å². The quantitative estimate of drug-likeness (QED) is 0.785. The van der Waals surface area contributed by atoms with Crippen molar-refractivity contribution in [1.82, 2.24) is 0 Å². The topological polar surface area (TPSA) is 57.5 Å². The van der Waals surface area contributed by atoms with Gasteiger partial charge in [0.1, 0.15) is 0 Å². The van der Waals surface area contributed by atoms with Gasteiger partial charge >= 0.3 is 5.97 Å². The summed E-state index contributed by atoms with van der Waals surface area (Å²) in [5.74, 6) is 0.669. The lowest BCUT2D eigenvalue weighted by Crippen LogP contribution is -2.40. The maximum Gasteiger partial charge on any atom is 0.312 e. The number of rotatable bonds is 3. The number of halogens is 2. The van der Waals surface area contributed by atoms with E-state index in [1.807, 2.05) is 0 Å². The lowest BCUT2D eigenvalue weighted by atomic mass is 9.74. The van der Waals surface area contributed by atoms with Gasteiger partial charge in [-0.2, -0.15) is 11.8 Å². The third kappa shape index (κ3) is 2.65. The van der Waals surface area contributed by atoms with Crippen LogP contribution in [0.5, 0.6) is 0 Å². The minimum absolute atomic E-state index is 0.508. The Morgan fingerprint density at radius 3 is 2.44 bits per heavy atom. The Hall–Kier alpha value is 0.440. The van der Waals surface area contributed by atoms with Gasteiger partial charge in [-0.3, -0.25) is 4.79 Å². The molecule has 0 bridgehead atoms. The van der Waals surface area contributed by atoms with Crippen LogP contribution in [0, 0.1) is 5.41 Å². The van der Waals surface area contributed by atoms with Crippen LogP contribution in [0.3, 0.4) is 0 Å². The van der Waals surface area contributed by atoms with Crippen LogP contribution in [0.4, 0.5) is 0 Å². The van der Waals surface area contributed by atoms with Gasteiger partial charge in [-0.05, 0) is 62.3 Å². The van der Waals surface area contributed by atoms with Gasteiger partial charge in [0.05, 0.1) is 19.1 Å². The lowest BCUT2D eigenvalue weighted by molar-refractivity contribution is -0.158. The SMILES string of the molecule is O=C(O)C1([C@H](O)c2cc(Br)sc2Br)CCSCC1. The molecule has 100 valence electrons. The van der Waals surface area contributed by atoms with E-state index in [1.165, 1.54) is 11.3 Å². The average molecular weight is 416 g/mol. The molecule has 2 N–H and O–H groups in total. The highest BCUT2D eigenvalue weighted by Crippen LogP contribution is 2.48. The zero-order valence-corrected chi connectivity index (χ0v) is 14.2. The molecule has 1 aromatic heterocycles. The van der Waals surface area contributed by atoms with Gasteiger partial charge in [0.15, 0.2) is 0 Å². The van der Waals surface area contributed by atoms with Crippen molar-refractivity contribution >= 4 is 60.9 Å². The van der Waals surface area contributed by atoms with Gasteiger partial charge in [0.25, 0.3) is 0 Å². The van der Waals surface area contributed by atoms with Crippen molar-refractivity contribution in [3.05, 3.63) is 19.2 Å². The fourth-order valence-electron chi connectivity index (χ4n) is 2.18. The van der Waals surface area contributed by atoms with Gasteiger partial charge < -0.3 is 10.2 Å². The van der Waals surface area contributed by atoms with Gasteiger partial charge in [-0.1, -0.05) is 0 Å². The molecule has 0 aliphatic carbocycles. The van der Waals surface area contributed by atoms with Crippen molar-refractivity contribution < 1.29 is 15.0 Å². The van der Waals surface area contributed by atoms with E-state index in [0.29, 0.717) is 18.4 Å². The molecule has 0 radical (unpaired) electrons. The molecule has 2 heterocycles. The van der Waals surface area contributed by atoms with E-state index < -0.39 is 17.5 Å². The van der Waals surface area contributed by atoms with Crippen molar-refractivity contribution in [2.75, 3.05) is 11.5 Å². The maximum atomic E-state index is 11.6. The summed E-state index contributed by atoms with van der Waals surface area (Å²) in [6.07, 6.45) is 0.0510. The summed E-state index contributed by atoms with van der Waals surface area (Å²) in [5.41, 5.74) is -0.380. The maximum absolute atomic E-state index is 11.6. The van der Waals surface area contributed by atoms with Gasteiger partial charge in [-0.15, -0.1) is 11.3 Å². The van der Waals surface area contributed by atoms with E-state index in [-0.39, 0.29) is 0 Å².